The molecule has 0 unspecified atom stereocenters. The van der Waals surface area contributed by atoms with E-state index in [1.807, 2.05) is 48.5 Å². The van der Waals surface area contributed by atoms with E-state index in [2.05, 4.69) is 24.9 Å². The summed E-state index contributed by atoms with van der Waals surface area (Å²) in [4.78, 5) is 20.7. The topological polar surface area (TPSA) is 84.2 Å². The molecule has 0 saturated heterocycles. The van der Waals surface area contributed by atoms with E-state index in [0.717, 1.165) is 41.5 Å². The summed E-state index contributed by atoms with van der Waals surface area (Å²) < 4.78 is 9.86. The zero-order valence-corrected chi connectivity index (χ0v) is 18.4. The van der Waals surface area contributed by atoms with Crippen molar-refractivity contribution in [1.82, 2.24) is 15.1 Å². The molecule has 0 saturated carbocycles. The number of rotatable bonds is 9. The summed E-state index contributed by atoms with van der Waals surface area (Å²) in [6.45, 7) is 2.17. The van der Waals surface area contributed by atoms with Gasteiger partial charge in [0.05, 0.1) is 12.3 Å². The Hall–Kier alpha value is -2.94. The summed E-state index contributed by atoms with van der Waals surface area (Å²) in [6.07, 6.45) is 0.842. The van der Waals surface area contributed by atoms with Crippen molar-refractivity contribution >= 4 is 28.1 Å². The molecule has 9 heteroatoms. The van der Waals surface area contributed by atoms with Crippen molar-refractivity contribution in [2.75, 3.05) is 31.7 Å². The van der Waals surface area contributed by atoms with E-state index in [9.17, 15) is 4.79 Å². The first-order valence-corrected chi connectivity index (χ1v) is 11.0. The van der Waals surface area contributed by atoms with Crippen LogP contribution in [0.5, 0.6) is 0 Å². The Labute approximate surface area is 188 Å². The number of ether oxygens (including phenoxy) is 1. The standard InChI is InChI=1S/C22H21ClN4O3S/c1-29-13-12-27(21-24-19(14-31-21)16-6-8-18(23)9-7-16)11-10-15-2-4-17(5-3-15)20-25-22(28)30-26-20/h2-9,14H,10-13H2,1H3,(H,25,26,28). The second-order valence-electron chi connectivity index (χ2n) is 6.89. The SMILES string of the molecule is COCCN(CCc1ccc(-c2noc(=O)[nH]2)cc1)c1nc(-c2ccc(Cl)cc2)cs1. The average molecular weight is 457 g/mol. The number of aromatic nitrogens is 3. The Kier molecular flexibility index (Phi) is 6.81. The van der Waals surface area contributed by atoms with Gasteiger partial charge in [0.15, 0.2) is 11.0 Å². The first kappa shape index (κ1) is 21.3. The molecule has 0 aliphatic rings. The molecule has 31 heavy (non-hydrogen) atoms. The molecule has 0 amide bonds. The van der Waals surface area contributed by atoms with E-state index in [-0.39, 0.29) is 0 Å². The third-order valence-electron chi connectivity index (χ3n) is 4.81. The van der Waals surface area contributed by atoms with Gasteiger partial charge < -0.3 is 9.64 Å². The molecule has 0 fully saturated rings. The Morgan fingerprint density at radius 2 is 1.84 bits per heavy atom. The number of H-pyrrole nitrogens is 1. The van der Waals surface area contributed by atoms with Crippen LogP contribution in [0, 0.1) is 0 Å². The van der Waals surface area contributed by atoms with Crippen LogP contribution in [-0.4, -0.2) is 41.9 Å². The lowest BCUT2D eigenvalue weighted by atomic mass is 10.1. The molecule has 7 nitrogen and oxygen atoms in total. The van der Waals surface area contributed by atoms with Gasteiger partial charge in [-0.1, -0.05) is 53.2 Å². The number of benzene rings is 2. The molecule has 4 aromatic rings. The fourth-order valence-corrected chi connectivity index (χ4v) is 4.13. The van der Waals surface area contributed by atoms with E-state index in [1.165, 1.54) is 5.56 Å². The van der Waals surface area contributed by atoms with Crippen LogP contribution in [0.2, 0.25) is 5.02 Å². The van der Waals surface area contributed by atoms with Crippen LogP contribution in [0.1, 0.15) is 5.56 Å². The second-order valence-corrected chi connectivity index (χ2v) is 8.17. The highest BCUT2D eigenvalue weighted by Crippen LogP contribution is 2.28. The maximum Gasteiger partial charge on any atom is 0.439 e. The van der Waals surface area contributed by atoms with E-state index in [1.54, 1.807) is 18.4 Å². The maximum atomic E-state index is 11.1. The van der Waals surface area contributed by atoms with E-state index >= 15 is 0 Å². The molecule has 4 rings (SSSR count). The van der Waals surface area contributed by atoms with Crippen molar-refractivity contribution in [3.63, 3.8) is 0 Å². The first-order chi connectivity index (χ1) is 15.1. The minimum atomic E-state index is -0.561. The van der Waals surface area contributed by atoms with Crippen molar-refractivity contribution in [3.05, 3.63) is 75.0 Å². The Morgan fingerprint density at radius 3 is 2.52 bits per heavy atom. The zero-order valence-electron chi connectivity index (χ0n) is 16.9. The van der Waals surface area contributed by atoms with Crippen LogP contribution in [0.25, 0.3) is 22.6 Å². The highest BCUT2D eigenvalue weighted by Gasteiger charge is 2.13. The maximum absolute atomic E-state index is 11.1. The molecule has 0 aliphatic carbocycles. The van der Waals surface area contributed by atoms with E-state index in [4.69, 9.17) is 21.3 Å². The van der Waals surface area contributed by atoms with Gasteiger partial charge in [-0.3, -0.25) is 9.51 Å². The summed E-state index contributed by atoms with van der Waals surface area (Å²) in [6, 6.07) is 15.6. The highest BCUT2D eigenvalue weighted by molar-refractivity contribution is 7.14. The minimum absolute atomic E-state index is 0.427. The highest BCUT2D eigenvalue weighted by atomic mass is 35.5. The molecular formula is C22H21ClN4O3S. The Balaban J connectivity index is 1.45. The summed E-state index contributed by atoms with van der Waals surface area (Å²) in [5.41, 5.74) is 3.95. The van der Waals surface area contributed by atoms with Crippen LogP contribution in [-0.2, 0) is 11.2 Å². The van der Waals surface area contributed by atoms with Crippen molar-refractivity contribution in [2.24, 2.45) is 0 Å². The van der Waals surface area contributed by atoms with Gasteiger partial charge in [0.25, 0.3) is 0 Å². The number of hydrogen-bond acceptors (Lipinski definition) is 7. The molecule has 0 radical (unpaired) electrons. The molecule has 2 aromatic heterocycles. The second kappa shape index (κ2) is 9.91. The van der Waals surface area contributed by atoms with Crippen LogP contribution in [0.15, 0.2) is 63.2 Å². The average Bonchev–Trinajstić information content (AvgIpc) is 3.44. The number of anilines is 1. The van der Waals surface area contributed by atoms with Crippen LogP contribution < -0.4 is 10.7 Å². The van der Waals surface area contributed by atoms with Crippen LogP contribution in [0.3, 0.4) is 0 Å². The lowest BCUT2D eigenvalue weighted by molar-refractivity contribution is 0.205. The normalized spacial score (nSPS) is 11.0. The van der Waals surface area contributed by atoms with E-state index < -0.39 is 5.76 Å². The van der Waals surface area contributed by atoms with Gasteiger partial charge in [0.1, 0.15) is 0 Å². The van der Waals surface area contributed by atoms with Crippen molar-refractivity contribution in [3.8, 4) is 22.6 Å². The van der Waals surface area contributed by atoms with Gasteiger partial charge in [-0.2, -0.15) is 0 Å². The van der Waals surface area contributed by atoms with Gasteiger partial charge in [-0.15, -0.1) is 11.3 Å². The van der Waals surface area contributed by atoms with Crippen LogP contribution >= 0.6 is 22.9 Å². The lowest BCUT2D eigenvalue weighted by Crippen LogP contribution is -2.29. The third kappa shape index (κ3) is 5.41. The third-order valence-corrected chi connectivity index (χ3v) is 5.96. The molecule has 2 heterocycles. The quantitative estimate of drug-likeness (QED) is 0.399. The molecule has 0 atom stereocenters. The monoisotopic (exact) mass is 456 g/mol. The number of methoxy groups -OCH3 is 1. The number of halogens is 1. The summed E-state index contributed by atoms with van der Waals surface area (Å²) >= 11 is 7.61. The van der Waals surface area contributed by atoms with E-state index in [0.29, 0.717) is 17.5 Å². The molecule has 0 aliphatic heterocycles. The van der Waals surface area contributed by atoms with Crippen LogP contribution in [0.4, 0.5) is 5.13 Å². The van der Waals surface area contributed by atoms with Gasteiger partial charge in [0.2, 0.25) is 0 Å². The van der Waals surface area contributed by atoms with Crippen molar-refractivity contribution in [1.29, 1.82) is 0 Å². The number of thiazole rings is 1. The fourth-order valence-electron chi connectivity index (χ4n) is 3.11. The molecule has 1 N–H and O–H groups in total. The minimum Gasteiger partial charge on any atom is -0.383 e. The Bertz CT molecular complexity index is 1170. The lowest BCUT2D eigenvalue weighted by Gasteiger charge is -2.21. The fraction of sp³-hybridized carbons (Fsp3) is 0.227. The molecule has 0 bridgehead atoms. The smallest absolute Gasteiger partial charge is 0.383 e. The number of nitrogens with one attached hydrogen (secondary N) is 1. The van der Waals surface area contributed by atoms with Gasteiger partial charge >= 0.3 is 5.76 Å². The number of hydrogen-bond donors (Lipinski definition) is 1. The van der Waals surface area contributed by atoms with Gasteiger partial charge in [-0.25, -0.2) is 9.78 Å². The summed E-state index contributed by atoms with van der Waals surface area (Å²) in [7, 11) is 1.70. The first-order valence-electron chi connectivity index (χ1n) is 9.73. The zero-order chi connectivity index (χ0) is 21.6. The summed E-state index contributed by atoms with van der Waals surface area (Å²) in [5.74, 6) is -0.134. The molecular weight excluding hydrogens is 436 g/mol. The number of nitrogens with zero attached hydrogens (tertiary/aromatic N) is 3. The molecule has 0 spiro atoms. The van der Waals surface area contributed by atoms with Crippen molar-refractivity contribution < 1.29 is 9.26 Å². The predicted molar refractivity (Wildman–Crippen MR) is 123 cm³/mol. The Morgan fingerprint density at radius 1 is 1.10 bits per heavy atom. The molecule has 160 valence electrons. The van der Waals surface area contributed by atoms with Gasteiger partial charge in [-0.05, 0) is 24.1 Å². The number of aromatic amines is 1. The van der Waals surface area contributed by atoms with Gasteiger partial charge in [0, 0.05) is 41.7 Å². The predicted octanol–water partition coefficient (Wildman–Crippen LogP) is 4.50. The van der Waals surface area contributed by atoms with Crippen molar-refractivity contribution in [2.45, 2.75) is 6.42 Å². The molecule has 2 aromatic carbocycles. The largest absolute Gasteiger partial charge is 0.439 e. The summed E-state index contributed by atoms with van der Waals surface area (Å²) in [5, 5.41) is 7.44.